The van der Waals surface area contributed by atoms with E-state index in [2.05, 4.69) is 15.0 Å². The van der Waals surface area contributed by atoms with Crippen LogP contribution in [-0.4, -0.2) is 24.3 Å². The summed E-state index contributed by atoms with van der Waals surface area (Å²) in [6.07, 6.45) is -2.90. The Kier molecular flexibility index (Phi) is 4.74. The second kappa shape index (κ2) is 5.86. The van der Waals surface area contributed by atoms with Crippen molar-refractivity contribution in [3.8, 4) is 5.88 Å². The van der Waals surface area contributed by atoms with Crippen LogP contribution in [0.3, 0.4) is 0 Å². The summed E-state index contributed by atoms with van der Waals surface area (Å²) >= 11 is 0. The van der Waals surface area contributed by atoms with E-state index in [4.69, 9.17) is 0 Å². The molecule has 0 bridgehead atoms. The molecule has 17 heavy (non-hydrogen) atoms. The van der Waals surface area contributed by atoms with E-state index < -0.39 is 12.8 Å². The molecule has 1 N–H and O–H groups in total. The van der Waals surface area contributed by atoms with Gasteiger partial charge in [0.25, 0.3) is 0 Å². The quantitative estimate of drug-likeness (QED) is 0.870. The number of rotatable bonds is 5. The lowest BCUT2D eigenvalue weighted by atomic mass is 10.1. The van der Waals surface area contributed by atoms with Crippen molar-refractivity contribution in [2.24, 2.45) is 0 Å². The van der Waals surface area contributed by atoms with Crippen molar-refractivity contribution >= 4 is 0 Å². The van der Waals surface area contributed by atoms with Gasteiger partial charge in [0.05, 0.1) is 0 Å². The van der Waals surface area contributed by atoms with Crippen molar-refractivity contribution in [3.63, 3.8) is 0 Å². The molecule has 0 aliphatic heterocycles. The van der Waals surface area contributed by atoms with Crippen LogP contribution in [-0.2, 0) is 0 Å². The van der Waals surface area contributed by atoms with Crippen molar-refractivity contribution in [3.05, 3.63) is 23.9 Å². The molecule has 0 amide bonds. The third kappa shape index (κ3) is 5.04. The van der Waals surface area contributed by atoms with Crippen molar-refractivity contribution in [1.82, 2.24) is 10.3 Å². The predicted octanol–water partition coefficient (Wildman–Crippen LogP) is 2.69. The van der Waals surface area contributed by atoms with Gasteiger partial charge in [-0.3, -0.25) is 0 Å². The zero-order valence-corrected chi connectivity index (χ0v) is 9.71. The van der Waals surface area contributed by atoms with Crippen LogP contribution >= 0.6 is 0 Å². The average molecular weight is 248 g/mol. The fourth-order valence-electron chi connectivity index (χ4n) is 1.35. The first kappa shape index (κ1) is 13.8. The van der Waals surface area contributed by atoms with Gasteiger partial charge in [-0.15, -0.1) is 0 Å². The van der Waals surface area contributed by atoms with Crippen molar-refractivity contribution in [1.29, 1.82) is 0 Å². The van der Waals surface area contributed by atoms with Crippen LogP contribution < -0.4 is 10.1 Å². The Balaban J connectivity index is 2.66. The average Bonchev–Trinajstić information content (AvgIpc) is 2.26. The number of hydrogen-bond donors (Lipinski definition) is 1. The maximum atomic E-state index is 12.0. The Morgan fingerprint density at radius 3 is 2.76 bits per heavy atom. The molecule has 1 heterocycles. The fraction of sp³-hybridized carbons (Fsp3) is 0.545. The Hall–Kier alpha value is -1.30. The number of nitrogens with zero attached hydrogens (tertiary/aromatic N) is 1. The second-order valence-electron chi connectivity index (χ2n) is 3.61. The van der Waals surface area contributed by atoms with E-state index in [1.807, 2.05) is 13.8 Å². The zero-order chi connectivity index (χ0) is 12.9. The summed E-state index contributed by atoms with van der Waals surface area (Å²) in [6.45, 7) is 3.34. The van der Waals surface area contributed by atoms with E-state index >= 15 is 0 Å². The first-order valence-corrected chi connectivity index (χ1v) is 5.31. The fourth-order valence-corrected chi connectivity index (χ4v) is 1.35. The zero-order valence-electron chi connectivity index (χ0n) is 9.71. The predicted molar refractivity (Wildman–Crippen MR) is 57.9 cm³/mol. The number of ether oxygens (including phenoxy) is 1. The van der Waals surface area contributed by atoms with Crippen molar-refractivity contribution in [2.75, 3.05) is 13.2 Å². The third-order valence-electron chi connectivity index (χ3n) is 2.15. The van der Waals surface area contributed by atoms with E-state index in [0.717, 1.165) is 12.1 Å². The highest BCUT2D eigenvalue weighted by Crippen LogP contribution is 2.19. The highest BCUT2D eigenvalue weighted by Gasteiger charge is 2.28. The standard InChI is InChI=1S/C11H15F3N2O/c1-3-15-8(2)9-4-5-16-10(6-9)17-7-11(12,13)14/h4-6,8,15H,3,7H2,1-2H3. The summed E-state index contributed by atoms with van der Waals surface area (Å²) in [4.78, 5) is 3.73. The molecule has 0 saturated heterocycles. The van der Waals surface area contributed by atoms with Crippen molar-refractivity contribution in [2.45, 2.75) is 26.1 Å². The highest BCUT2D eigenvalue weighted by molar-refractivity contribution is 5.23. The summed E-state index contributed by atoms with van der Waals surface area (Å²) in [5, 5.41) is 3.16. The maximum Gasteiger partial charge on any atom is 0.422 e. The normalized spacial score (nSPS) is 13.5. The van der Waals surface area contributed by atoms with Gasteiger partial charge in [-0.1, -0.05) is 6.92 Å². The van der Waals surface area contributed by atoms with E-state index in [1.54, 1.807) is 6.07 Å². The monoisotopic (exact) mass is 248 g/mol. The first-order chi connectivity index (χ1) is 7.92. The van der Waals surface area contributed by atoms with Gasteiger partial charge >= 0.3 is 6.18 Å². The SMILES string of the molecule is CCNC(C)c1ccnc(OCC(F)(F)F)c1. The van der Waals surface area contributed by atoms with Gasteiger partial charge in [-0.25, -0.2) is 4.98 Å². The molecule has 1 aromatic rings. The summed E-state index contributed by atoms with van der Waals surface area (Å²) in [7, 11) is 0. The van der Waals surface area contributed by atoms with Gasteiger partial charge in [-0.05, 0) is 25.1 Å². The van der Waals surface area contributed by atoms with Gasteiger partial charge in [-0.2, -0.15) is 13.2 Å². The molecule has 0 aromatic carbocycles. The van der Waals surface area contributed by atoms with E-state index in [1.165, 1.54) is 12.3 Å². The Morgan fingerprint density at radius 1 is 1.47 bits per heavy atom. The van der Waals surface area contributed by atoms with Gasteiger partial charge in [0, 0.05) is 18.3 Å². The van der Waals surface area contributed by atoms with Crippen LogP contribution in [0, 0.1) is 0 Å². The molecule has 1 unspecified atom stereocenters. The molecule has 0 spiro atoms. The first-order valence-electron chi connectivity index (χ1n) is 5.31. The smallest absolute Gasteiger partial charge is 0.422 e. The van der Waals surface area contributed by atoms with Crippen LogP contribution in [0.15, 0.2) is 18.3 Å². The van der Waals surface area contributed by atoms with Crippen LogP contribution in [0.1, 0.15) is 25.5 Å². The second-order valence-corrected chi connectivity index (χ2v) is 3.61. The number of nitrogens with one attached hydrogen (secondary N) is 1. The minimum Gasteiger partial charge on any atom is -0.468 e. The van der Waals surface area contributed by atoms with E-state index in [9.17, 15) is 13.2 Å². The highest BCUT2D eigenvalue weighted by atomic mass is 19.4. The van der Waals surface area contributed by atoms with Crippen molar-refractivity contribution < 1.29 is 17.9 Å². The molecule has 1 atom stereocenters. The third-order valence-corrected chi connectivity index (χ3v) is 2.15. The summed E-state index contributed by atoms with van der Waals surface area (Å²) in [6, 6.07) is 3.31. The molecule has 1 aromatic heterocycles. The molecule has 6 heteroatoms. The summed E-state index contributed by atoms with van der Waals surface area (Å²) in [5.74, 6) is -0.00965. The Bertz CT molecular complexity index is 355. The van der Waals surface area contributed by atoms with Gasteiger partial charge in [0.1, 0.15) is 0 Å². The Morgan fingerprint density at radius 2 is 2.18 bits per heavy atom. The lowest BCUT2D eigenvalue weighted by Crippen LogP contribution is -2.20. The van der Waals surface area contributed by atoms with Gasteiger partial charge in [0.2, 0.25) is 5.88 Å². The van der Waals surface area contributed by atoms with E-state index in [0.29, 0.717) is 0 Å². The lowest BCUT2D eigenvalue weighted by Gasteiger charge is -2.14. The number of halogens is 3. The van der Waals surface area contributed by atoms with Crippen LogP contribution in [0.4, 0.5) is 13.2 Å². The molecule has 1 rings (SSSR count). The molecule has 0 radical (unpaired) electrons. The number of aromatic nitrogens is 1. The summed E-state index contributed by atoms with van der Waals surface area (Å²) < 4.78 is 40.4. The summed E-state index contributed by atoms with van der Waals surface area (Å²) in [5.41, 5.74) is 0.846. The van der Waals surface area contributed by atoms with Gasteiger partial charge < -0.3 is 10.1 Å². The van der Waals surface area contributed by atoms with E-state index in [-0.39, 0.29) is 11.9 Å². The minimum absolute atomic E-state index is 0.00965. The number of alkyl halides is 3. The molecule has 0 fully saturated rings. The maximum absolute atomic E-state index is 12.0. The topological polar surface area (TPSA) is 34.2 Å². The van der Waals surface area contributed by atoms with Crippen LogP contribution in [0.5, 0.6) is 5.88 Å². The molecule has 0 aliphatic rings. The minimum atomic E-state index is -4.34. The largest absolute Gasteiger partial charge is 0.468 e. The number of pyridine rings is 1. The molecule has 0 saturated carbocycles. The molecule has 0 aliphatic carbocycles. The molecule has 96 valence electrons. The lowest BCUT2D eigenvalue weighted by molar-refractivity contribution is -0.154. The molecular weight excluding hydrogens is 233 g/mol. The molecular formula is C11H15F3N2O. The Labute approximate surface area is 98.0 Å². The number of hydrogen-bond acceptors (Lipinski definition) is 3. The van der Waals surface area contributed by atoms with Gasteiger partial charge in [0.15, 0.2) is 6.61 Å². The molecule has 3 nitrogen and oxygen atoms in total. The van der Waals surface area contributed by atoms with Crippen LogP contribution in [0.25, 0.3) is 0 Å². The van der Waals surface area contributed by atoms with Crippen LogP contribution in [0.2, 0.25) is 0 Å².